The minimum absolute atomic E-state index is 0.301. The Labute approximate surface area is 115 Å². The number of likely N-dealkylation sites (tertiary alicyclic amines) is 1. The Morgan fingerprint density at radius 3 is 2.58 bits per heavy atom. The molecule has 0 aromatic heterocycles. The molecule has 2 rings (SSSR count). The van der Waals surface area contributed by atoms with Gasteiger partial charge in [0.2, 0.25) is 0 Å². The molecule has 0 radical (unpaired) electrons. The van der Waals surface area contributed by atoms with Crippen LogP contribution in [0.25, 0.3) is 0 Å². The summed E-state index contributed by atoms with van der Waals surface area (Å²) in [6, 6.07) is 8.96. The quantitative estimate of drug-likeness (QED) is 0.876. The number of carbonyl (C=O) groups is 1. The van der Waals surface area contributed by atoms with E-state index in [9.17, 15) is 4.79 Å². The van der Waals surface area contributed by atoms with Gasteiger partial charge in [-0.1, -0.05) is 24.3 Å². The maximum atomic E-state index is 11.1. The van der Waals surface area contributed by atoms with Crippen molar-refractivity contribution in [3.63, 3.8) is 0 Å². The Kier molecular flexibility index (Phi) is 4.43. The molecule has 1 heterocycles. The molecule has 4 nitrogen and oxygen atoms in total. The fraction of sp³-hybridized carbons (Fsp3) is 0.533. The van der Waals surface area contributed by atoms with Crippen molar-refractivity contribution in [3.8, 4) is 0 Å². The van der Waals surface area contributed by atoms with Gasteiger partial charge in [-0.2, -0.15) is 0 Å². The van der Waals surface area contributed by atoms with Crippen molar-refractivity contribution in [3.05, 3.63) is 35.4 Å². The van der Waals surface area contributed by atoms with Gasteiger partial charge in [-0.05, 0) is 37.8 Å². The van der Waals surface area contributed by atoms with Gasteiger partial charge in [0, 0.05) is 25.2 Å². The summed E-state index contributed by atoms with van der Waals surface area (Å²) in [7, 11) is 0. The summed E-state index contributed by atoms with van der Waals surface area (Å²) >= 11 is 0. The van der Waals surface area contributed by atoms with Crippen LogP contribution in [-0.4, -0.2) is 30.1 Å². The van der Waals surface area contributed by atoms with Crippen LogP contribution in [0.2, 0.25) is 0 Å². The lowest BCUT2D eigenvalue weighted by Gasteiger charge is -2.33. The van der Waals surface area contributed by atoms with Crippen molar-refractivity contribution in [2.24, 2.45) is 5.73 Å². The lowest BCUT2D eigenvalue weighted by Crippen LogP contribution is -2.47. The number of piperidine rings is 1. The lowest BCUT2D eigenvalue weighted by atomic mass is 9.99. The molecule has 1 aromatic carbocycles. The number of primary amides is 1. The molecular formula is C15H23N3O. The first-order valence-electron chi connectivity index (χ1n) is 6.94. The maximum Gasteiger partial charge on any atom is 0.314 e. The summed E-state index contributed by atoms with van der Waals surface area (Å²) in [5.41, 5.74) is 7.96. The van der Waals surface area contributed by atoms with E-state index in [4.69, 9.17) is 5.73 Å². The number of hydrogen-bond donors (Lipinski definition) is 2. The number of hydrogen-bond acceptors (Lipinski definition) is 2. The van der Waals surface area contributed by atoms with Gasteiger partial charge in [-0.15, -0.1) is 0 Å². The third-order valence-corrected chi connectivity index (χ3v) is 3.95. The average molecular weight is 261 g/mol. The van der Waals surface area contributed by atoms with Crippen LogP contribution < -0.4 is 11.1 Å². The van der Waals surface area contributed by atoms with Gasteiger partial charge in [-0.3, -0.25) is 0 Å². The number of urea groups is 1. The van der Waals surface area contributed by atoms with E-state index >= 15 is 0 Å². The number of nitrogens with zero attached hydrogens (tertiary/aromatic N) is 1. The van der Waals surface area contributed by atoms with Gasteiger partial charge in [0.25, 0.3) is 0 Å². The largest absolute Gasteiger partial charge is 0.351 e. The molecule has 0 spiro atoms. The highest BCUT2D eigenvalue weighted by atomic mass is 16.2. The minimum Gasteiger partial charge on any atom is -0.351 e. The molecule has 1 saturated heterocycles. The first-order valence-corrected chi connectivity index (χ1v) is 6.94. The molecule has 0 saturated carbocycles. The Bertz CT molecular complexity index is 439. The molecule has 3 N–H and O–H groups in total. The molecule has 1 fully saturated rings. The van der Waals surface area contributed by atoms with E-state index < -0.39 is 0 Å². The summed E-state index contributed by atoms with van der Waals surface area (Å²) in [4.78, 5) is 12.8. The molecule has 4 heteroatoms. The van der Waals surface area contributed by atoms with E-state index in [-0.39, 0.29) is 6.03 Å². The predicted octanol–water partition coefficient (Wildman–Crippen LogP) is 2.19. The molecule has 1 atom stereocenters. The highest BCUT2D eigenvalue weighted by Gasteiger charge is 2.22. The molecule has 0 bridgehead atoms. The zero-order valence-corrected chi connectivity index (χ0v) is 11.7. The van der Waals surface area contributed by atoms with Crippen molar-refractivity contribution in [2.45, 2.75) is 38.8 Å². The third kappa shape index (κ3) is 3.47. The van der Waals surface area contributed by atoms with Gasteiger partial charge in [0.1, 0.15) is 0 Å². The molecule has 1 aliphatic heterocycles. The van der Waals surface area contributed by atoms with Crippen LogP contribution in [0.5, 0.6) is 0 Å². The molecule has 1 aromatic rings. The number of rotatable bonds is 3. The molecule has 1 aliphatic rings. The number of nitrogens with one attached hydrogen (secondary N) is 1. The number of benzene rings is 1. The lowest BCUT2D eigenvalue weighted by molar-refractivity contribution is 0.183. The highest BCUT2D eigenvalue weighted by Crippen LogP contribution is 2.20. The zero-order valence-electron chi connectivity index (χ0n) is 11.7. The van der Waals surface area contributed by atoms with E-state index in [1.807, 2.05) is 0 Å². The molecule has 19 heavy (non-hydrogen) atoms. The number of carbonyl (C=O) groups excluding carboxylic acids is 1. The number of nitrogens with two attached hydrogens (primary N) is 1. The molecule has 2 amide bonds. The Hall–Kier alpha value is -1.55. The second kappa shape index (κ2) is 6.06. The minimum atomic E-state index is -0.301. The second-order valence-corrected chi connectivity index (χ2v) is 5.34. The fourth-order valence-corrected chi connectivity index (χ4v) is 2.78. The number of amides is 2. The molecular weight excluding hydrogens is 238 g/mol. The fourth-order valence-electron chi connectivity index (χ4n) is 2.78. The van der Waals surface area contributed by atoms with Gasteiger partial charge >= 0.3 is 6.03 Å². The van der Waals surface area contributed by atoms with E-state index in [0.717, 1.165) is 25.9 Å². The normalized spacial score (nSPS) is 18.3. The Morgan fingerprint density at radius 1 is 1.37 bits per heavy atom. The van der Waals surface area contributed by atoms with Crippen LogP contribution in [0.4, 0.5) is 4.79 Å². The van der Waals surface area contributed by atoms with Crippen LogP contribution in [0, 0.1) is 6.92 Å². The van der Waals surface area contributed by atoms with E-state index in [0.29, 0.717) is 12.1 Å². The van der Waals surface area contributed by atoms with Crippen molar-refractivity contribution in [1.29, 1.82) is 0 Å². The zero-order chi connectivity index (χ0) is 13.8. The summed E-state index contributed by atoms with van der Waals surface area (Å²) in [5, 5.41) is 3.66. The van der Waals surface area contributed by atoms with E-state index in [2.05, 4.69) is 43.4 Å². The monoisotopic (exact) mass is 261 g/mol. The van der Waals surface area contributed by atoms with Crippen molar-refractivity contribution >= 4 is 6.03 Å². The second-order valence-electron chi connectivity index (χ2n) is 5.34. The Balaban J connectivity index is 1.89. The summed E-state index contributed by atoms with van der Waals surface area (Å²) in [6.45, 7) is 5.85. The van der Waals surface area contributed by atoms with Gasteiger partial charge in [-0.25, -0.2) is 4.79 Å². The van der Waals surface area contributed by atoms with Crippen LogP contribution in [0.3, 0.4) is 0 Å². The van der Waals surface area contributed by atoms with Gasteiger partial charge < -0.3 is 16.0 Å². The van der Waals surface area contributed by atoms with Crippen LogP contribution in [-0.2, 0) is 0 Å². The predicted molar refractivity (Wildman–Crippen MR) is 76.9 cm³/mol. The SMILES string of the molecule is Cc1ccccc1C(C)NC1CCN(C(N)=O)CC1. The molecule has 0 aliphatic carbocycles. The van der Waals surface area contributed by atoms with Crippen molar-refractivity contribution in [2.75, 3.05) is 13.1 Å². The standard InChI is InChI=1S/C15H23N3O/c1-11-5-3-4-6-14(11)12(2)17-13-7-9-18(10-8-13)15(16)19/h3-6,12-13,17H,7-10H2,1-2H3,(H2,16,19). The van der Waals surface area contributed by atoms with Crippen LogP contribution in [0.1, 0.15) is 36.9 Å². The van der Waals surface area contributed by atoms with Crippen molar-refractivity contribution in [1.82, 2.24) is 10.2 Å². The number of aryl methyl sites for hydroxylation is 1. The van der Waals surface area contributed by atoms with E-state index in [1.165, 1.54) is 11.1 Å². The first-order chi connectivity index (χ1) is 9.08. The molecule has 104 valence electrons. The van der Waals surface area contributed by atoms with Gasteiger partial charge in [0.05, 0.1) is 0 Å². The summed E-state index contributed by atoms with van der Waals surface area (Å²) < 4.78 is 0. The Morgan fingerprint density at radius 2 is 2.00 bits per heavy atom. The first kappa shape index (κ1) is 13.9. The summed E-state index contributed by atoms with van der Waals surface area (Å²) in [5.74, 6) is 0. The average Bonchev–Trinajstić information content (AvgIpc) is 2.39. The van der Waals surface area contributed by atoms with E-state index in [1.54, 1.807) is 4.90 Å². The van der Waals surface area contributed by atoms with Gasteiger partial charge in [0.15, 0.2) is 0 Å². The summed E-state index contributed by atoms with van der Waals surface area (Å²) in [6.07, 6.45) is 1.94. The third-order valence-electron chi connectivity index (χ3n) is 3.95. The topological polar surface area (TPSA) is 58.4 Å². The van der Waals surface area contributed by atoms with Crippen molar-refractivity contribution < 1.29 is 4.79 Å². The highest BCUT2D eigenvalue weighted by molar-refractivity contribution is 5.72. The van der Waals surface area contributed by atoms with Crippen LogP contribution in [0.15, 0.2) is 24.3 Å². The molecule has 1 unspecified atom stereocenters. The maximum absolute atomic E-state index is 11.1. The smallest absolute Gasteiger partial charge is 0.314 e. The van der Waals surface area contributed by atoms with Crippen LogP contribution >= 0.6 is 0 Å².